The molecule has 0 bridgehead atoms. The minimum Gasteiger partial charge on any atom is -0.494 e. The van der Waals surface area contributed by atoms with Crippen molar-refractivity contribution in [2.24, 2.45) is 0 Å². The maximum Gasteiger partial charge on any atom is 0.123 e. The predicted molar refractivity (Wildman–Crippen MR) is 168 cm³/mol. The Morgan fingerprint density at radius 3 is 1.17 bits per heavy atom. The fourth-order valence-corrected chi connectivity index (χ4v) is 4.94. The molecule has 0 atom stereocenters. The molecule has 0 amide bonds. The highest BCUT2D eigenvalue weighted by Gasteiger charge is 2.08. The summed E-state index contributed by atoms with van der Waals surface area (Å²) in [4.78, 5) is 0. The molecule has 3 aromatic rings. The summed E-state index contributed by atoms with van der Waals surface area (Å²) in [5, 5.41) is 9.69. The quantitative estimate of drug-likeness (QED) is 0.168. The van der Waals surface area contributed by atoms with E-state index in [2.05, 4.69) is 72.9 Å². The van der Waals surface area contributed by atoms with Gasteiger partial charge in [-0.1, -0.05) is 72.9 Å². The molecule has 5 nitrogen and oxygen atoms in total. The van der Waals surface area contributed by atoms with E-state index in [0.29, 0.717) is 49.8 Å². The maximum atomic E-state index is 9.69. The van der Waals surface area contributed by atoms with Crippen LogP contribution < -0.4 is 18.9 Å². The molecule has 0 saturated heterocycles. The Kier molecular flexibility index (Phi) is 10.9. The number of hydrogen-bond donors (Lipinski definition) is 1. The Hall–Kier alpha value is -4.22. The van der Waals surface area contributed by atoms with E-state index in [0.717, 1.165) is 42.7 Å². The van der Waals surface area contributed by atoms with Crippen molar-refractivity contribution in [1.29, 1.82) is 0 Å². The first-order valence-corrected chi connectivity index (χ1v) is 14.9. The van der Waals surface area contributed by atoms with Gasteiger partial charge in [-0.15, -0.1) is 0 Å². The molecule has 0 radical (unpaired) electrons. The van der Waals surface area contributed by atoms with E-state index >= 15 is 0 Å². The average Bonchev–Trinajstić information content (AvgIpc) is 3.77. The molecule has 0 unspecified atom stereocenters. The molecule has 0 fully saturated rings. The lowest BCUT2D eigenvalue weighted by Crippen LogP contribution is -2.05. The zero-order chi connectivity index (χ0) is 28.8. The minimum absolute atomic E-state index is 0.0620. The summed E-state index contributed by atoms with van der Waals surface area (Å²) in [5.41, 5.74) is 3.32. The lowest BCUT2D eigenvalue weighted by molar-refractivity contribution is 0.255. The Labute approximate surface area is 249 Å². The minimum atomic E-state index is -0.0620. The SMILES string of the molecule is OCc1cc(OCCCCOc2ccc(C3C=CC=C3)cc2)cc(OCCCCOc2ccc(C3C=CC=C3)cc2)c1. The van der Waals surface area contributed by atoms with Gasteiger partial charge in [-0.25, -0.2) is 0 Å². The zero-order valence-electron chi connectivity index (χ0n) is 24.1. The van der Waals surface area contributed by atoms with Crippen molar-refractivity contribution >= 4 is 0 Å². The van der Waals surface area contributed by atoms with Crippen LogP contribution in [0.3, 0.4) is 0 Å². The number of aliphatic hydroxyl groups excluding tert-OH is 1. The summed E-state index contributed by atoms with van der Waals surface area (Å²) >= 11 is 0. The second-order valence-electron chi connectivity index (χ2n) is 10.5. The molecule has 42 heavy (non-hydrogen) atoms. The molecule has 2 aliphatic carbocycles. The van der Waals surface area contributed by atoms with Crippen molar-refractivity contribution in [2.45, 2.75) is 44.1 Å². The van der Waals surface area contributed by atoms with Crippen LogP contribution in [0.25, 0.3) is 0 Å². The number of hydrogen-bond acceptors (Lipinski definition) is 5. The van der Waals surface area contributed by atoms with Gasteiger partial charge in [-0.3, -0.25) is 0 Å². The van der Waals surface area contributed by atoms with E-state index in [1.54, 1.807) is 0 Å². The summed E-state index contributed by atoms with van der Waals surface area (Å²) in [5.74, 6) is 3.93. The second kappa shape index (κ2) is 15.7. The molecular formula is C37H40O5. The molecule has 0 heterocycles. The number of benzene rings is 3. The van der Waals surface area contributed by atoms with E-state index < -0.39 is 0 Å². The Balaban J connectivity index is 0.951. The van der Waals surface area contributed by atoms with Gasteiger partial charge < -0.3 is 24.1 Å². The molecule has 0 saturated carbocycles. The maximum absolute atomic E-state index is 9.69. The highest BCUT2D eigenvalue weighted by Crippen LogP contribution is 2.27. The van der Waals surface area contributed by atoms with E-state index in [4.69, 9.17) is 18.9 Å². The fourth-order valence-electron chi connectivity index (χ4n) is 4.94. The third kappa shape index (κ3) is 8.89. The topological polar surface area (TPSA) is 57.2 Å². The third-order valence-corrected chi connectivity index (χ3v) is 7.30. The van der Waals surface area contributed by atoms with Crippen LogP contribution in [0.4, 0.5) is 0 Å². The van der Waals surface area contributed by atoms with Crippen LogP contribution in [0.5, 0.6) is 23.0 Å². The summed E-state index contributed by atoms with van der Waals surface area (Å²) in [6.07, 6.45) is 20.6. The number of ether oxygens (including phenoxy) is 4. The predicted octanol–water partition coefficient (Wildman–Crippen LogP) is 8.07. The summed E-state index contributed by atoms with van der Waals surface area (Å²) < 4.78 is 23.7. The molecule has 5 rings (SSSR count). The van der Waals surface area contributed by atoms with Crippen LogP contribution in [-0.2, 0) is 6.61 Å². The van der Waals surface area contributed by atoms with Crippen molar-refractivity contribution in [1.82, 2.24) is 0 Å². The first-order chi connectivity index (χ1) is 20.8. The first kappa shape index (κ1) is 29.3. The molecule has 3 aromatic carbocycles. The van der Waals surface area contributed by atoms with Gasteiger partial charge in [0.15, 0.2) is 0 Å². The molecule has 1 N–H and O–H groups in total. The van der Waals surface area contributed by atoms with Gasteiger partial charge in [0.05, 0.1) is 33.0 Å². The van der Waals surface area contributed by atoms with Crippen molar-refractivity contribution in [3.05, 3.63) is 132 Å². The van der Waals surface area contributed by atoms with E-state index in [9.17, 15) is 5.11 Å². The number of allylic oxidation sites excluding steroid dienone is 8. The van der Waals surface area contributed by atoms with Crippen LogP contribution in [0.15, 0.2) is 115 Å². The standard InChI is InChI=1S/C37H40O5/c38-28-29-25-36(41-23-7-5-21-39-34-17-13-32(14-18-34)30-9-1-2-10-30)27-37(26-29)42-24-8-6-22-40-35-19-15-33(16-20-35)31-11-3-4-12-31/h1-4,9-20,25-27,30-31,38H,5-8,21-24,28H2. The highest BCUT2D eigenvalue weighted by molar-refractivity contribution is 5.40. The highest BCUT2D eigenvalue weighted by atomic mass is 16.5. The van der Waals surface area contributed by atoms with Gasteiger partial charge in [0.25, 0.3) is 0 Å². The normalized spacial score (nSPS) is 14.1. The summed E-state index contributed by atoms with van der Waals surface area (Å²) in [6, 6.07) is 22.2. The van der Waals surface area contributed by atoms with Crippen LogP contribution in [0.2, 0.25) is 0 Å². The van der Waals surface area contributed by atoms with E-state index in [-0.39, 0.29) is 6.61 Å². The lowest BCUT2D eigenvalue weighted by atomic mass is 10.0. The number of unbranched alkanes of at least 4 members (excludes halogenated alkanes) is 2. The van der Waals surface area contributed by atoms with Crippen molar-refractivity contribution in [3.63, 3.8) is 0 Å². The smallest absolute Gasteiger partial charge is 0.123 e. The Bertz CT molecular complexity index is 1240. The van der Waals surface area contributed by atoms with E-state index in [1.807, 2.05) is 42.5 Å². The third-order valence-electron chi connectivity index (χ3n) is 7.30. The first-order valence-electron chi connectivity index (χ1n) is 14.9. The summed E-state index contributed by atoms with van der Waals surface area (Å²) in [6.45, 7) is 2.36. The van der Waals surface area contributed by atoms with Gasteiger partial charge >= 0.3 is 0 Å². The molecule has 218 valence electrons. The van der Waals surface area contributed by atoms with E-state index in [1.165, 1.54) is 11.1 Å². The zero-order valence-corrected chi connectivity index (χ0v) is 24.1. The molecular weight excluding hydrogens is 524 g/mol. The number of rotatable bonds is 17. The van der Waals surface area contributed by atoms with Gasteiger partial charge in [-0.2, -0.15) is 0 Å². The molecule has 0 aromatic heterocycles. The second-order valence-corrected chi connectivity index (χ2v) is 10.5. The summed E-state index contributed by atoms with van der Waals surface area (Å²) in [7, 11) is 0. The van der Waals surface area contributed by atoms with Crippen LogP contribution in [0, 0.1) is 0 Å². The van der Waals surface area contributed by atoms with Crippen LogP contribution >= 0.6 is 0 Å². The molecule has 2 aliphatic rings. The molecule has 0 aliphatic heterocycles. The lowest BCUT2D eigenvalue weighted by Gasteiger charge is -2.13. The monoisotopic (exact) mass is 564 g/mol. The Morgan fingerprint density at radius 2 is 0.810 bits per heavy atom. The fraction of sp³-hybridized carbons (Fsp3) is 0.297. The van der Waals surface area contributed by atoms with Crippen molar-refractivity contribution in [2.75, 3.05) is 26.4 Å². The Morgan fingerprint density at radius 1 is 0.452 bits per heavy atom. The molecule has 0 spiro atoms. The van der Waals surface area contributed by atoms with Crippen molar-refractivity contribution in [3.8, 4) is 23.0 Å². The van der Waals surface area contributed by atoms with Crippen molar-refractivity contribution < 1.29 is 24.1 Å². The largest absolute Gasteiger partial charge is 0.494 e. The average molecular weight is 565 g/mol. The van der Waals surface area contributed by atoms with Gasteiger partial charge in [0, 0.05) is 17.9 Å². The van der Waals surface area contributed by atoms with Gasteiger partial charge in [0.1, 0.15) is 23.0 Å². The number of aliphatic hydroxyl groups is 1. The van der Waals surface area contributed by atoms with Gasteiger partial charge in [-0.05, 0) is 78.8 Å². The molecule has 5 heteroatoms. The van der Waals surface area contributed by atoms with Crippen LogP contribution in [0.1, 0.15) is 54.2 Å². The van der Waals surface area contributed by atoms with Crippen LogP contribution in [-0.4, -0.2) is 31.5 Å². The van der Waals surface area contributed by atoms with Gasteiger partial charge in [0.2, 0.25) is 0 Å².